The number of aromatic nitrogens is 1. The molecule has 2 rings (SSSR count). The van der Waals surface area contributed by atoms with E-state index in [0.29, 0.717) is 28.2 Å². The summed E-state index contributed by atoms with van der Waals surface area (Å²) >= 11 is 1.23. The predicted molar refractivity (Wildman–Crippen MR) is 131 cm³/mol. The summed E-state index contributed by atoms with van der Waals surface area (Å²) in [5.74, 6) is -0.780. The summed E-state index contributed by atoms with van der Waals surface area (Å²) in [5.41, 5.74) is 6.52. The number of nitrogens with zero attached hydrogens (tertiary/aromatic N) is 2. The smallest absolute Gasteiger partial charge is 0.324 e. The molecule has 0 spiro atoms. The van der Waals surface area contributed by atoms with Crippen molar-refractivity contribution in [1.82, 2.24) is 4.57 Å². The second kappa shape index (κ2) is 11.9. The van der Waals surface area contributed by atoms with Gasteiger partial charge >= 0.3 is 5.97 Å². The molecule has 1 aromatic heterocycles. The van der Waals surface area contributed by atoms with Crippen LogP contribution >= 0.6 is 11.3 Å². The molecule has 10 heteroatoms. The van der Waals surface area contributed by atoms with E-state index in [0.717, 1.165) is 6.42 Å². The summed E-state index contributed by atoms with van der Waals surface area (Å²) in [7, 11) is 1.46. The first-order valence-electron chi connectivity index (χ1n) is 11.1. The van der Waals surface area contributed by atoms with Crippen LogP contribution in [0.4, 0.5) is 5.69 Å². The van der Waals surface area contributed by atoms with Crippen molar-refractivity contribution in [3.63, 3.8) is 0 Å². The number of ether oxygens (including phenoxy) is 2. The number of hydrogen-bond acceptors (Lipinski definition) is 7. The number of amides is 2. The molecule has 186 valence electrons. The third kappa shape index (κ3) is 7.81. The van der Waals surface area contributed by atoms with Crippen LogP contribution < -0.4 is 20.6 Å². The number of nitrogens with one attached hydrogen (secondary N) is 1. The van der Waals surface area contributed by atoms with Crippen LogP contribution in [0, 0.1) is 11.3 Å². The van der Waals surface area contributed by atoms with Crippen LogP contribution in [0.15, 0.2) is 34.8 Å². The molecular weight excluding hydrogens is 456 g/mol. The molecule has 1 unspecified atom stereocenters. The normalized spacial score (nSPS) is 13.8. The van der Waals surface area contributed by atoms with Crippen LogP contribution in [0.25, 0.3) is 0 Å². The highest BCUT2D eigenvalue weighted by molar-refractivity contribution is 7.07. The van der Waals surface area contributed by atoms with Crippen LogP contribution in [-0.2, 0) is 21.1 Å². The molecule has 0 radical (unpaired) electrons. The molecule has 2 aromatic rings. The number of hydrogen-bond donors (Lipinski definition) is 2. The molecular formula is C24H34N4O5S. The van der Waals surface area contributed by atoms with E-state index in [-0.39, 0.29) is 24.0 Å². The van der Waals surface area contributed by atoms with E-state index < -0.39 is 17.9 Å². The molecule has 2 amide bonds. The number of rotatable bonds is 9. The quantitative estimate of drug-likeness (QED) is 0.518. The van der Waals surface area contributed by atoms with Crippen LogP contribution in [0.2, 0.25) is 0 Å². The Labute approximate surface area is 204 Å². The lowest BCUT2D eigenvalue weighted by molar-refractivity contribution is -0.150. The van der Waals surface area contributed by atoms with Gasteiger partial charge in [-0.3, -0.25) is 19.0 Å². The van der Waals surface area contributed by atoms with Crippen molar-refractivity contribution in [2.75, 3.05) is 12.4 Å². The zero-order valence-corrected chi connectivity index (χ0v) is 21.4. The summed E-state index contributed by atoms with van der Waals surface area (Å²) in [4.78, 5) is 41.7. The van der Waals surface area contributed by atoms with E-state index in [2.05, 4.69) is 10.3 Å². The number of carbonyl (C=O) groups is 3. The van der Waals surface area contributed by atoms with Gasteiger partial charge in [0.25, 0.3) is 5.91 Å². The van der Waals surface area contributed by atoms with Crippen molar-refractivity contribution in [3.8, 4) is 5.75 Å². The lowest BCUT2D eigenvalue weighted by atomic mass is 9.92. The summed E-state index contributed by atoms with van der Waals surface area (Å²) in [5, 5.41) is 4.56. The predicted octanol–water partition coefficient (Wildman–Crippen LogP) is 3.55. The van der Waals surface area contributed by atoms with Crippen LogP contribution in [0.3, 0.4) is 0 Å². The minimum atomic E-state index is -0.707. The number of anilines is 1. The molecule has 0 aliphatic carbocycles. The maximum Gasteiger partial charge on any atom is 0.324 e. The molecule has 0 fully saturated rings. The monoisotopic (exact) mass is 490 g/mol. The Morgan fingerprint density at radius 1 is 1.26 bits per heavy atom. The molecule has 0 bridgehead atoms. The molecule has 0 aliphatic rings. The lowest BCUT2D eigenvalue weighted by Gasteiger charge is -2.18. The van der Waals surface area contributed by atoms with Crippen molar-refractivity contribution in [1.29, 1.82) is 0 Å². The number of esters is 1. The van der Waals surface area contributed by atoms with Gasteiger partial charge in [0.05, 0.1) is 12.8 Å². The zero-order chi connectivity index (χ0) is 25.5. The Morgan fingerprint density at radius 3 is 2.59 bits per heavy atom. The van der Waals surface area contributed by atoms with E-state index in [1.165, 1.54) is 24.5 Å². The molecule has 9 nitrogen and oxygen atoms in total. The maximum atomic E-state index is 12.8. The lowest BCUT2D eigenvalue weighted by Crippen LogP contribution is -2.38. The second-order valence-corrected chi connectivity index (χ2v) is 10.1. The summed E-state index contributed by atoms with van der Waals surface area (Å²) in [6, 6.07) is 4.01. The zero-order valence-electron chi connectivity index (χ0n) is 20.6. The number of thiazole rings is 1. The number of carbonyl (C=O) groups excluding carboxylic acids is 3. The van der Waals surface area contributed by atoms with Crippen LogP contribution in [0.5, 0.6) is 5.75 Å². The summed E-state index contributed by atoms with van der Waals surface area (Å²) in [6.45, 7) is 9.68. The van der Waals surface area contributed by atoms with Gasteiger partial charge in [-0.05, 0) is 29.5 Å². The number of methoxy groups -OCH3 is 1. The summed E-state index contributed by atoms with van der Waals surface area (Å²) < 4.78 is 12.2. The van der Waals surface area contributed by atoms with Gasteiger partial charge in [-0.25, -0.2) is 0 Å². The van der Waals surface area contributed by atoms with Gasteiger partial charge in [0.15, 0.2) is 11.5 Å². The Bertz CT molecular complexity index is 1080. The Hall–Kier alpha value is -2.98. The molecule has 2 atom stereocenters. The van der Waals surface area contributed by atoms with Gasteiger partial charge in [-0.1, -0.05) is 41.0 Å². The number of benzene rings is 1. The van der Waals surface area contributed by atoms with Crippen LogP contribution in [-0.4, -0.2) is 35.5 Å². The van der Waals surface area contributed by atoms with E-state index in [1.807, 2.05) is 34.6 Å². The molecule has 0 saturated heterocycles. The molecule has 34 heavy (non-hydrogen) atoms. The van der Waals surface area contributed by atoms with Crippen molar-refractivity contribution in [2.24, 2.45) is 22.1 Å². The fourth-order valence-corrected chi connectivity index (χ4v) is 3.67. The third-order valence-corrected chi connectivity index (χ3v) is 5.94. The first-order valence-corrected chi connectivity index (χ1v) is 12.0. The van der Waals surface area contributed by atoms with Gasteiger partial charge in [0, 0.05) is 23.6 Å². The van der Waals surface area contributed by atoms with E-state index in [4.69, 9.17) is 15.2 Å². The Morgan fingerprint density at radius 2 is 1.97 bits per heavy atom. The first-order chi connectivity index (χ1) is 15.9. The average Bonchev–Trinajstić information content (AvgIpc) is 3.21. The van der Waals surface area contributed by atoms with Gasteiger partial charge in [-0.2, -0.15) is 4.99 Å². The van der Waals surface area contributed by atoms with Crippen molar-refractivity contribution in [3.05, 3.63) is 40.1 Å². The number of nitrogens with two attached hydrogens (primary N) is 1. The fourth-order valence-electron chi connectivity index (χ4n) is 2.96. The third-order valence-electron chi connectivity index (χ3n) is 5.15. The highest BCUT2D eigenvalue weighted by Gasteiger charge is 2.21. The van der Waals surface area contributed by atoms with E-state index >= 15 is 0 Å². The average molecular weight is 491 g/mol. The van der Waals surface area contributed by atoms with E-state index in [1.54, 1.807) is 28.3 Å². The molecule has 3 N–H and O–H groups in total. The standard InChI is InChI=1S/C24H34N4O5S/c1-7-15(2)20(25)22(31)33-14-28-10-11-34-23(28)27-21(30)16-8-9-17(18(12-16)32-6)26-19(29)13-24(3,4)5/h8-12,15,20H,7,13-14,25H2,1-6H3,(H,26,29)/t15?,20-/m0/s1. The highest BCUT2D eigenvalue weighted by Crippen LogP contribution is 2.27. The van der Waals surface area contributed by atoms with Crippen molar-refractivity contribution < 1.29 is 23.9 Å². The Balaban J connectivity index is 2.15. The highest BCUT2D eigenvalue weighted by atomic mass is 32.1. The fraction of sp³-hybridized carbons (Fsp3) is 0.500. The molecule has 0 saturated carbocycles. The van der Waals surface area contributed by atoms with Gasteiger partial charge in [0.2, 0.25) is 5.91 Å². The Kier molecular flexibility index (Phi) is 9.57. The van der Waals surface area contributed by atoms with Gasteiger partial charge in [-0.15, -0.1) is 11.3 Å². The van der Waals surface area contributed by atoms with Gasteiger partial charge < -0.3 is 20.5 Å². The largest absolute Gasteiger partial charge is 0.495 e. The molecule has 1 heterocycles. The van der Waals surface area contributed by atoms with Gasteiger partial charge in [0.1, 0.15) is 11.8 Å². The first kappa shape index (κ1) is 27.3. The second-order valence-electron chi connectivity index (χ2n) is 9.28. The van der Waals surface area contributed by atoms with Crippen LogP contribution in [0.1, 0.15) is 57.8 Å². The topological polar surface area (TPSA) is 125 Å². The molecule has 0 aliphatic heterocycles. The molecule has 1 aromatic carbocycles. The maximum absolute atomic E-state index is 12.8. The minimum absolute atomic E-state index is 0.00177. The van der Waals surface area contributed by atoms with E-state index in [9.17, 15) is 14.4 Å². The minimum Gasteiger partial charge on any atom is -0.495 e. The van der Waals surface area contributed by atoms with Crippen molar-refractivity contribution in [2.45, 2.75) is 60.2 Å². The van der Waals surface area contributed by atoms with Crippen molar-refractivity contribution >= 4 is 34.8 Å². The SMILES string of the molecule is CCC(C)[C@H](N)C(=O)OCn1ccsc1=NC(=O)c1ccc(NC(=O)CC(C)(C)C)c(OC)c1. The summed E-state index contributed by atoms with van der Waals surface area (Å²) in [6.07, 6.45) is 2.78.